The van der Waals surface area contributed by atoms with Gasteiger partial charge in [0.15, 0.2) is 0 Å². The van der Waals surface area contributed by atoms with E-state index in [0.717, 1.165) is 16.6 Å². The molecule has 3 heterocycles. The van der Waals surface area contributed by atoms with Crippen LogP contribution < -0.4 is 5.32 Å². The molecular weight excluding hydrogens is 226 g/mol. The number of hydrogen-bond acceptors (Lipinski definition) is 4. The monoisotopic (exact) mass is 239 g/mol. The number of aryl methyl sites for hydroxylation is 1. The molecule has 0 unspecified atom stereocenters. The summed E-state index contributed by atoms with van der Waals surface area (Å²) in [6.45, 7) is 0.670. The third-order valence-electron chi connectivity index (χ3n) is 2.78. The summed E-state index contributed by atoms with van der Waals surface area (Å²) in [6, 6.07) is 5.93. The van der Waals surface area contributed by atoms with Crippen molar-refractivity contribution in [2.24, 2.45) is 7.05 Å². The van der Waals surface area contributed by atoms with Gasteiger partial charge in [0.25, 0.3) is 0 Å². The van der Waals surface area contributed by atoms with Crippen molar-refractivity contribution in [3.8, 4) is 0 Å². The van der Waals surface area contributed by atoms with Gasteiger partial charge < -0.3 is 9.88 Å². The molecule has 0 saturated carbocycles. The van der Waals surface area contributed by atoms with Crippen LogP contribution in [0.1, 0.15) is 5.56 Å². The van der Waals surface area contributed by atoms with Crippen LogP contribution in [0.5, 0.6) is 0 Å². The molecule has 0 amide bonds. The quantitative estimate of drug-likeness (QED) is 0.759. The molecule has 3 aromatic rings. The molecule has 0 aliphatic heterocycles. The molecule has 18 heavy (non-hydrogen) atoms. The maximum Gasteiger partial charge on any atom is 0.224 e. The van der Waals surface area contributed by atoms with Crippen LogP contribution in [0.2, 0.25) is 0 Å². The molecule has 0 bridgehead atoms. The Labute approximate surface area is 105 Å². The van der Waals surface area contributed by atoms with Crippen LogP contribution in [0.25, 0.3) is 11.0 Å². The third-order valence-corrected chi connectivity index (χ3v) is 2.78. The molecule has 0 aliphatic carbocycles. The van der Waals surface area contributed by atoms with Gasteiger partial charge >= 0.3 is 0 Å². The number of fused-ring (bicyclic) bond motifs is 1. The summed E-state index contributed by atoms with van der Waals surface area (Å²) in [6.07, 6.45) is 7.39. The SMILES string of the molecule is Cn1ccc2cnc(NCc3cccnc3)nc21. The summed E-state index contributed by atoms with van der Waals surface area (Å²) in [4.78, 5) is 12.8. The topological polar surface area (TPSA) is 55.6 Å². The molecule has 3 aromatic heterocycles. The summed E-state index contributed by atoms with van der Waals surface area (Å²) in [5.74, 6) is 0.633. The lowest BCUT2D eigenvalue weighted by Gasteiger charge is -2.04. The molecular formula is C13H13N5. The minimum Gasteiger partial charge on any atom is -0.350 e. The van der Waals surface area contributed by atoms with Gasteiger partial charge in [-0.1, -0.05) is 6.07 Å². The van der Waals surface area contributed by atoms with Crippen molar-refractivity contribution < 1.29 is 0 Å². The van der Waals surface area contributed by atoms with Crippen LogP contribution in [0.15, 0.2) is 43.0 Å². The zero-order valence-electron chi connectivity index (χ0n) is 10.0. The highest BCUT2D eigenvalue weighted by Gasteiger charge is 2.02. The minimum atomic E-state index is 0.633. The fourth-order valence-electron chi connectivity index (χ4n) is 1.81. The van der Waals surface area contributed by atoms with E-state index in [-0.39, 0.29) is 0 Å². The Morgan fingerprint density at radius 2 is 2.22 bits per heavy atom. The Morgan fingerprint density at radius 3 is 3.06 bits per heavy atom. The van der Waals surface area contributed by atoms with Crippen molar-refractivity contribution in [2.75, 3.05) is 5.32 Å². The maximum atomic E-state index is 4.47. The van der Waals surface area contributed by atoms with E-state index < -0.39 is 0 Å². The number of rotatable bonds is 3. The summed E-state index contributed by atoms with van der Waals surface area (Å²) in [7, 11) is 1.97. The van der Waals surface area contributed by atoms with Crippen molar-refractivity contribution in [1.82, 2.24) is 19.5 Å². The standard InChI is InChI=1S/C13H13N5/c1-18-6-4-11-9-16-13(17-12(11)18)15-8-10-3-2-5-14-7-10/h2-7,9H,8H2,1H3,(H,15,16,17). The lowest BCUT2D eigenvalue weighted by atomic mass is 10.3. The maximum absolute atomic E-state index is 4.47. The largest absolute Gasteiger partial charge is 0.350 e. The van der Waals surface area contributed by atoms with E-state index in [4.69, 9.17) is 0 Å². The lowest BCUT2D eigenvalue weighted by molar-refractivity contribution is 0.940. The van der Waals surface area contributed by atoms with Crippen molar-refractivity contribution in [2.45, 2.75) is 6.54 Å². The van der Waals surface area contributed by atoms with Gasteiger partial charge in [-0.05, 0) is 17.7 Å². The number of pyridine rings is 1. The average Bonchev–Trinajstić information content (AvgIpc) is 2.79. The van der Waals surface area contributed by atoms with Gasteiger partial charge in [0, 0.05) is 43.8 Å². The van der Waals surface area contributed by atoms with Gasteiger partial charge in [-0.25, -0.2) is 4.98 Å². The molecule has 0 atom stereocenters. The van der Waals surface area contributed by atoms with E-state index in [2.05, 4.69) is 20.3 Å². The van der Waals surface area contributed by atoms with E-state index in [9.17, 15) is 0 Å². The first-order valence-electron chi connectivity index (χ1n) is 5.74. The molecule has 0 aromatic carbocycles. The first-order chi connectivity index (χ1) is 8.83. The van der Waals surface area contributed by atoms with Gasteiger partial charge in [0.2, 0.25) is 5.95 Å². The zero-order valence-corrected chi connectivity index (χ0v) is 10.0. The highest BCUT2D eigenvalue weighted by Crippen LogP contribution is 2.13. The van der Waals surface area contributed by atoms with Crippen molar-refractivity contribution in [3.63, 3.8) is 0 Å². The number of nitrogens with zero attached hydrogens (tertiary/aromatic N) is 4. The Balaban J connectivity index is 1.80. The van der Waals surface area contributed by atoms with Gasteiger partial charge in [0.05, 0.1) is 0 Å². The summed E-state index contributed by atoms with van der Waals surface area (Å²) in [5, 5.41) is 4.24. The fraction of sp³-hybridized carbons (Fsp3) is 0.154. The van der Waals surface area contributed by atoms with E-state index in [0.29, 0.717) is 12.5 Å². The predicted octanol–water partition coefficient (Wildman–Crippen LogP) is 1.98. The number of nitrogens with one attached hydrogen (secondary N) is 1. The van der Waals surface area contributed by atoms with E-state index in [1.165, 1.54) is 0 Å². The van der Waals surface area contributed by atoms with Gasteiger partial charge in [0.1, 0.15) is 5.65 Å². The molecule has 5 heteroatoms. The van der Waals surface area contributed by atoms with E-state index in [1.807, 2.05) is 48.4 Å². The number of aromatic nitrogens is 4. The normalized spacial score (nSPS) is 10.7. The molecule has 90 valence electrons. The van der Waals surface area contributed by atoms with Crippen LogP contribution in [0, 0.1) is 0 Å². The molecule has 5 nitrogen and oxygen atoms in total. The second kappa shape index (κ2) is 4.44. The van der Waals surface area contributed by atoms with Crippen LogP contribution in [0.3, 0.4) is 0 Å². The Morgan fingerprint density at radius 1 is 1.28 bits per heavy atom. The minimum absolute atomic E-state index is 0.633. The number of anilines is 1. The Bertz CT molecular complexity index is 659. The van der Waals surface area contributed by atoms with Crippen LogP contribution in [-0.4, -0.2) is 19.5 Å². The first-order valence-corrected chi connectivity index (χ1v) is 5.74. The second-order valence-electron chi connectivity index (χ2n) is 4.11. The van der Waals surface area contributed by atoms with Crippen molar-refractivity contribution in [1.29, 1.82) is 0 Å². The summed E-state index contributed by atoms with van der Waals surface area (Å²) < 4.78 is 1.98. The molecule has 3 rings (SSSR count). The molecule has 1 N–H and O–H groups in total. The van der Waals surface area contributed by atoms with Crippen LogP contribution in [0.4, 0.5) is 5.95 Å². The Kier molecular flexibility index (Phi) is 2.64. The highest BCUT2D eigenvalue weighted by molar-refractivity contribution is 5.76. The van der Waals surface area contributed by atoms with Crippen LogP contribution >= 0.6 is 0 Å². The molecule has 0 aliphatic rings. The highest BCUT2D eigenvalue weighted by atomic mass is 15.1. The Hall–Kier alpha value is -2.43. The van der Waals surface area contributed by atoms with Gasteiger partial charge in [-0.2, -0.15) is 4.98 Å². The molecule has 0 radical (unpaired) electrons. The molecule has 0 saturated heterocycles. The molecule has 0 fully saturated rings. The average molecular weight is 239 g/mol. The fourth-order valence-corrected chi connectivity index (χ4v) is 1.81. The summed E-state index contributed by atoms with van der Waals surface area (Å²) in [5.41, 5.74) is 2.03. The van der Waals surface area contributed by atoms with E-state index in [1.54, 1.807) is 6.20 Å². The van der Waals surface area contributed by atoms with Crippen molar-refractivity contribution >= 4 is 17.0 Å². The second-order valence-corrected chi connectivity index (χ2v) is 4.11. The van der Waals surface area contributed by atoms with Crippen LogP contribution in [-0.2, 0) is 13.6 Å². The van der Waals surface area contributed by atoms with Gasteiger partial charge in [-0.15, -0.1) is 0 Å². The lowest BCUT2D eigenvalue weighted by Crippen LogP contribution is -2.04. The predicted molar refractivity (Wildman–Crippen MR) is 70.1 cm³/mol. The van der Waals surface area contributed by atoms with E-state index >= 15 is 0 Å². The van der Waals surface area contributed by atoms with Gasteiger partial charge in [-0.3, -0.25) is 4.98 Å². The number of hydrogen-bond donors (Lipinski definition) is 1. The molecule has 0 spiro atoms. The summed E-state index contributed by atoms with van der Waals surface area (Å²) >= 11 is 0. The smallest absolute Gasteiger partial charge is 0.224 e. The third kappa shape index (κ3) is 2.02. The van der Waals surface area contributed by atoms with Crippen molar-refractivity contribution in [3.05, 3.63) is 48.5 Å². The zero-order chi connectivity index (χ0) is 12.4. The first kappa shape index (κ1) is 10.7.